The van der Waals surface area contributed by atoms with Gasteiger partial charge in [-0.15, -0.1) is 0 Å². The maximum Gasteiger partial charge on any atom is 0.234 e. The van der Waals surface area contributed by atoms with E-state index in [0.717, 1.165) is 53.7 Å². The first kappa shape index (κ1) is 26.3. The first-order valence-corrected chi connectivity index (χ1v) is 13.8. The van der Waals surface area contributed by atoms with Crippen molar-refractivity contribution in [2.45, 2.75) is 52.2 Å². The Hall–Kier alpha value is -3.32. The molecule has 2 aliphatic rings. The van der Waals surface area contributed by atoms with Gasteiger partial charge in [-0.2, -0.15) is 0 Å². The smallest absolute Gasteiger partial charge is 0.234 e. The summed E-state index contributed by atoms with van der Waals surface area (Å²) in [5.74, 6) is 1.47. The first-order valence-electron chi connectivity index (χ1n) is 13.8. The molecule has 7 nitrogen and oxygen atoms in total. The summed E-state index contributed by atoms with van der Waals surface area (Å²) in [6, 6.07) is 16.4. The van der Waals surface area contributed by atoms with E-state index in [-0.39, 0.29) is 17.2 Å². The number of nitrogens with one attached hydrogen (secondary N) is 2. The van der Waals surface area contributed by atoms with Crippen molar-refractivity contribution in [1.82, 2.24) is 20.1 Å². The molecular weight excluding hydrogens is 476 g/mol. The highest BCUT2D eigenvalue weighted by molar-refractivity contribution is 5.90. The maximum absolute atomic E-state index is 13.5. The van der Waals surface area contributed by atoms with Gasteiger partial charge in [0, 0.05) is 48.2 Å². The molecule has 3 aromatic rings. The van der Waals surface area contributed by atoms with Crippen molar-refractivity contribution in [3.63, 3.8) is 0 Å². The zero-order valence-electron chi connectivity index (χ0n) is 22.8. The number of nitrogens with zero attached hydrogens (tertiary/aromatic N) is 2. The molecule has 0 radical (unpaired) electrons. The third-order valence-electron chi connectivity index (χ3n) is 8.63. The predicted octanol–water partition coefficient (Wildman–Crippen LogP) is 4.37. The molecule has 38 heavy (non-hydrogen) atoms. The normalized spacial score (nSPS) is 20.9. The Bertz CT molecular complexity index is 1270. The summed E-state index contributed by atoms with van der Waals surface area (Å²) in [7, 11) is 1.97. The third kappa shape index (κ3) is 5.73. The van der Waals surface area contributed by atoms with Crippen LogP contribution in [0, 0.1) is 11.3 Å². The van der Waals surface area contributed by atoms with E-state index < -0.39 is 0 Å². The maximum atomic E-state index is 13.5. The molecule has 5 rings (SSSR count). The highest BCUT2D eigenvalue weighted by atomic mass is 16.5. The molecule has 7 heteroatoms. The van der Waals surface area contributed by atoms with Crippen LogP contribution in [0.15, 0.2) is 54.7 Å². The monoisotopic (exact) mass is 516 g/mol. The van der Waals surface area contributed by atoms with Crippen LogP contribution in [0.2, 0.25) is 0 Å². The van der Waals surface area contributed by atoms with Gasteiger partial charge < -0.3 is 19.9 Å². The predicted molar refractivity (Wildman–Crippen MR) is 150 cm³/mol. The number of rotatable bonds is 10. The lowest BCUT2D eigenvalue weighted by molar-refractivity contribution is -0.129. The molecule has 2 heterocycles. The van der Waals surface area contributed by atoms with Gasteiger partial charge in [-0.25, -0.2) is 0 Å². The number of hydrogen-bond donors (Lipinski definition) is 2. The van der Waals surface area contributed by atoms with Gasteiger partial charge in [-0.1, -0.05) is 36.8 Å². The fourth-order valence-electron chi connectivity index (χ4n) is 6.04. The van der Waals surface area contributed by atoms with Crippen LogP contribution in [0.3, 0.4) is 0 Å². The Labute approximate surface area is 225 Å². The summed E-state index contributed by atoms with van der Waals surface area (Å²) in [6.07, 6.45) is 5.67. The number of fused-ring (bicyclic) bond motifs is 2. The average Bonchev–Trinajstić information content (AvgIpc) is 3.59. The van der Waals surface area contributed by atoms with Crippen molar-refractivity contribution < 1.29 is 14.3 Å². The van der Waals surface area contributed by atoms with Gasteiger partial charge in [0.05, 0.1) is 13.0 Å². The van der Waals surface area contributed by atoms with Crippen molar-refractivity contribution >= 4 is 22.7 Å². The van der Waals surface area contributed by atoms with Crippen LogP contribution in [0.25, 0.3) is 10.9 Å². The molecule has 202 valence electrons. The number of benzene rings is 2. The quantitative estimate of drug-likeness (QED) is 0.419. The SMILES string of the molecule is CC(C)N(C)CC(=O)NC[C@]12CCC[C@H]1CN(C(=O)Cc1c[nH]c3ccc(OCc4ccccc4)cc13)C2. The van der Waals surface area contributed by atoms with Crippen molar-refractivity contribution in [3.05, 3.63) is 65.9 Å². The number of H-pyrrole nitrogens is 1. The lowest BCUT2D eigenvalue weighted by atomic mass is 9.80. The Balaban J connectivity index is 1.21. The topological polar surface area (TPSA) is 77.7 Å². The van der Waals surface area contributed by atoms with Crippen molar-refractivity contribution in [3.8, 4) is 5.75 Å². The average molecular weight is 517 g/mol. The standard InChI is InChI=1S/C31H40N4O3/c1-22(2)34(3)18-29(36)33-20-31-13-7-10-25(31)17-35(21-31)30(37)14-24-16-32-28-12-11-26(15-27(24)28)38-19-23-8-5-4-6-9-23/h4-6,8-9,11-12,15-16,22,25,32H,7,10,13-14,17-21H2,1-3H3,(H,33,36)/t25-,31-/m0/s1. The fourth-order valence-corrected chi connectivity index (χ4v) is 6.04. The van der Waals surface area contributed by atoms with E-state index in [9.17, 15) is 9.59 Å². The van der Waals surface area contributed by atoms with Gasteiger partial charge in [0.25, 0.3) is 0 Å². The van der Waals surface area contributed by atoms with Crippen LogP contribution in [-0.2, 0) is 22.6 Å². The molecule has 1 aliphatic heterocycles. The van der Waals surface area contributed by atoms with Crippen molar-refractivity contribution in [2.24, 2.45) is 11.3 Å². The second kappa shape index (κ2) is 11.2. The molecule has 2 aromatic carbocycles. The number of hydrogen-bond acceptors (Lipinski definition) is 4. The fraction of sp³-hybridized carbons (Fsp3) is 0.484. The number of amides is 2. The first-order chi connectivity index (χ1) is 18.3. The third-order valence-corrected chi connectivity index (χ3v) is 8.63. The van der Waals surface area contributed by atoms with E-state index in [4.69, 9.17) is 4.74 Å². The van der Waals surface area contributed by atoms with Crippen molar-refractivity contribution in [2.75, 3.05) is 33.2 Å². The molecule has 2 atom stereocenters. The molecule has 1 aromatic heterocycles. The van der Waals surface area contributed by atoms with E-state index in [2.05, 4.69) is 24.1 Å². The number of carbonyl (C=O) groups is 2. The van der Waals surface area contributed by atoms with E-state index in [1.54, 1.807) is 0 Å². The molecule has 2 amide bonds. The van der Waals surface area contributed by atoms with Crippen LogP contribution >= 0.6 is 0 Å². The molecule has 1 saturated carbocycles. The summed E-state index contributed by atoms with van der Waals surface area (Å²) < 4.78 is 6.03. The van der Waals surface area contributed by atoms with Gasteiger partial charge in [-0.3, -0.25) is 14.5 Å². The van der Waals surface area contributed by atoms with E-state index >= 15 is 0 Å². The number of likely N-dealkylation sites (tertiary alicyclic amines) is 1. The number of aromatic nitrogens is 1. The van der Waals surface area contributed by atoms with Crippen LogP contribution in [-0.4, -0.2) is 65.9 Å². The highest BCUT2D eigenvalue weighted by Crippen LogP contribution is 2.48. The Morgan fingerprint density at radius 2 is 2.03 bits per heavy atom. The Kier molecular flexibility index (Phi) is 7.75. The minimum Gasteiger partial charge on any atom is -0.489 e. The van der Waals surface area contributed by atoms with E-state index in [0.29, 0.717) is 38.1 Å². The second-order valence-corrected chi connectivity index (χ2v) is 11.5. The van der Waals surface area contributed by atoms with Gasteiger partial charge >= 0.3 is 0 Å². The van der Waals surface area contributed by atoms with Crippen molar-refractivity contribution in [1.29, 1.82) is 0 Å². The van der Waals surface area contributed by atoms with Gasteiger partial charge in [0.1, 0.15) is 12.4 Å². The minimum absolute atomic E-state index is 0.000381. The largest absolute Gasteiger partial charge is 0.489 e. The highest BCUT2D eigenvalue weighted by Gasteiger charge is 2.50. The molecule has 0 bridgehead atoms. The molecule has 1 aliphatic carbocycles. The summed E-state index contributed by atoms with van der Waals surface area (Å²) in [4.78, 5) is 33.4. The summed E-state index contributed by atoms with van der Waals surface area (Å²) >= 11 is 0. The van der Waals surface area contributed by atoms with Crippen LogP contribution in [0.5, 0.6) is 5.75 Å². The van der Waals surface area contributed by atoms with Gasteiger partial charge in [0.15, 0.2) is 0 Å². The lowest BCUT2D eigenvalue weighted by Crippen LogP contribution is -2.45. The second-order valence-electron chi connectivity index (χ2n) is 11.5. The number of aromatic amines is 1. The lowest BCUT2D eigenvalue weighted by Gasteiger charge is -2.30. The zero-order valence-corrected chi connectivity index (χ0v) is 22.8. The Morgan fingerprint density at radius 3 is 2.82 bits per heavy atom. The van der Waals surface area contributed by atoms with Gasteiger partial charge in [0.2, 0.25) is 11.8 Å². The number of carbonyl (C=O) groups excluding carboxylic acids is 2. The molecular formula is C31H40N4O3. The van der Waals surface area contributed by atoms with Gasteiger partial charge in [-0.05, 0) is 69.0 Å². The summed E-state index contributed by atoms with van der Waals surface area (Å²) in [5, 5.41) is 4.22. The Morgan fingerprint density at radius 1 is 1.21 bits per heavy atom. The zero-order chi connectivity index (χ0) is 26.7. The number of likely N-dealkylation sites (N-methyl/N-ethyl adjacent to an activating group) is 1. The number of ether oxygens (including phenoxy) is 1. The minimum atomic E-state index is 0.000381. The molecule has 1 saturated heterocycles. The summed E-state index contributed by atoms with van der Waals surface area (Å²) in [5.41, 5.74) is 3.11. The molecule has 0 spiro atoms. The molecule has 2 fully saturated rings. The van der Waals surface area contributed by atoms with E-state index in [1.165, 1.54) is 6.42 Å². The summed E-state index contributed by atoms with van der Waals surface area (Å²) in [6.45, 7) is 7.25. The molecule has 0 unspecified atom stereocenters. The van der Waals surface area contributed by atoms with Crippen LogP contribution < -0.4 is 10.1 Å². The van der Waals surface area contributed by atoms with E-state index in [1.807, 2.05) is 71.6 Å². The van der Waals surface area contributed by atoms with Crippen LogP contribution in [0.4, 0.5) is 0 Å². The van der Waals surface area contributed by atoms with Crippen LogP contribution in [0.1, 0.15) is 44.2 Å². The molecule has 2 N–H and O–H groups in total.